The largest absolute Gasteiger partial charge is 0.468 e. The number of hydrogen-bond acceptors (Lipinski definition) is 4. The van der Waals surface area contributed by atoms with Crippen LogP contribution in [-0.4, -0.2) is 24.6 Å². The molecule has 0 saturated carbocycles. The average molecular weight is 391 g/mol. The minimum Gasteiger partial charge on any atom is -0.468 e. The third-order valence-corrected chi connectivity index (χ3v) is 5.84. The van der Waals surface area contributed by atoms with E-state index in [4.69, 9.17) is 4.74 Å². The summed E-state index contributed by atoms with van der Waals surface area (Å²) in [5, 5.41) is 0. The Labute approximate surface area is 169 Å². The van der Waals surface area contributed by atoms with Gasteiger partial charge in [0.15, 0.2) is 5.78 Å². The van der Waals surface area contributed by atoms with Crippen LogP contribution in [0.3, 0.4) is 0 Å². The number of methoxy groups -OCH3 is 1. The van der Waals surface area contributed by atoms with Crippen LogP contribution in [0.25, 0.3) is 0 Å². The number of hydrogen-bond donors (Lipinski definition) is 0. The van der Waals surface area contributed by atoms with Gasteiger partial charge in [0.1, 0.15) is 11.7 Å². The second kappa shape index (κ2) is 7.74. The number of Topliss-reactive ketones (excluding diaryl/α,β-unsaturated/α-hetero) is 1. The number of nitrogens with zero attached hydrogens (tertiary/aromatic N) is 1. The molecule has 5 heteroatoms. The first-order chi connectivity index (χ1) is 14.0. The molecule has 0 radical (unpaired) electrons. The van der Waals surface area contributed by atoms with Crippen LogP contribution >= 0.6 is 0 Å². The van der Waals surface area contributed by atoms with E-state index < -0.39 is 17.8 Å². The topological polar surface area (TPSA) is 55.7 Å². The van der Waals surface area contributed by atoms with Crippen molar-refractivity contribution in [2.24, 2.45) is 10.9 Å². The Morgan fingerprint density at radius 2 is 1.72 bits per heavy atom. The van der Waals surface area contributed by atoms with Crippen molar-refractivity contribution in [3.63, 3.8) is 0 Å². The molecule has 1 heterocycles. The average Bonchev–Trinajstić information content (AvgIpc) is 2.73. The van der Waals surface area contributed by atoms with Crippen molar-refractivity contribution in [3.05, 3.63) is 82.8 Å². The maximum Gasteiger partial charge on any atom is 0.315 e. The number of carbonyl (C=O) groups excluding carboxylic acids is 2. The number of ether oxygens (including phenoxy) is 1. The van der Waals surface area contributed by atoms with E-state index in [0.29, 0.717) is 24.1 Å². The fourth-order valence-corrected chi connectivity index (χ4v) is 4.48. The first kappa shape index (κ1) is 19.2. The Balaban J connectivity index is 1.81. The van der Waals surface area contributed by atoms with Gasteiger partial charge < -0.3 is 4.74 Å². The summed E-state index contributed by atoms with van der Waals surface area (Å²) in [6, 6.07) is 15.9. The van der Waals surface area contributed by atoms with Crippen molar-refractivity contribution in [1.82, 2.24) is 0 Å². The molecule has 0 bridgehead atoms. The van der Waals surface area contributed by atoms with Gasteiger partial charge in [-0.2, -0.15) is 0 Å². The number of halogens is 1. The van der Waals surface area contributed by atoms with E-state index in [1.807, 2.05) is 30.3 Å². The quantitative estimate of drug-likeness (QED) is 0.720. The third-order valence-electron chi connectivity index (χ3n) is 5.84. The zero-order chi connectivity index (χ0) is 20.5. The molecule has 1 unspecified atom stereocenters. The van der Waals surface area contributed by atoms with Gasteiger partial charge >= 0.3 is 5.97 Å². The smallest absolute Gasteiger partial charge is 0.315 e. The van der Waals surface area contributed by atoms with Gasteiger partial charge in [-0.3, -0.25) is 14.6 Å². The molecule has 3 atom stereocenters. The highest BCUT2D eigenvalue weighted by Crippen LogP contribution is 2.46. The lowest BCUT2D eigenvalue weighted by atomic mass is 9.69. The van der Waals surface area contributed by atoms with Crippen molar-refractivity contribution in [2.45, 2.75) is 31.6 Å². The number of aliphatic imine (C=N–C) groups is 1. The maximum absolute atomic E-state index is 13.5. The highest BCUT2D eigenvalue weighted by molar-refractivity contribution is 6.09. The van der Waals surface area contributed by atoms with Crippen LogP contribution in [0.15, 0.2) is 70.9 Å². The summed E-state index contributed by atoms with van der Waals surface area (Å²) < 4.78 is 18.5. The zero-order valence-electron chi connectivity index (χ0n) is 16.4. The van der Waals surface area contributed by atoms with E-state index in [2.05, 4.69) is 4.99 Å². The Bertz CT molecular complexity index is 1010. The van der Waals surface area contributed by atoms with Crippen LogP contribution in [0, 0.1) is 11.7 Å². The van der Waals surface area contributed by atoms with Gasteiger partial charge in [0.05, 0.1) is 7.11 Å². The lowest BCUT2D eigenvalue weighted by molar-refractivity contribution is -0.143. The zero-order valence-corrected chi connectivity index (χ0v) is 16.4. The monoisotopic (exact) mass is 391 g/mol. The Kier molecular flexibility index (Phi) is 5.14. The maximum atomic E-state index is 13.5. The Morgan fingerprint density at radius 1 is 1.03 bits per heavy atom. The fraction of sp³-hybridized carbons (Fsp3) is 0.292. The lowest BCUT2D eigenvalue weighted by Crippen LogP contribution is -2.37. The summed E-state index contributed by atoms with van der Waals surface area (Å²) >= 11 is 0. The van der Waals surface area contributed by atoms with E-state index in [-0.39, 0.29) is 17.5 Å². The number of benzene rings is 2. The standard InChI is InChI=1S/C24H22FNO3/c1-14-21(24(28)29-2)22(16-8-10-18(25)11-9-16)23-19(26-14)12-17(13-20(23)27)15-6-4-3-5-7-15/h3-11,17,21-22H,12-13H2,1-2H3/t17-,21?,22+/m1/s1. The van der Waals surface area contributed by atoms with Gasteiger partial charge in [-0.15, -0.1) is 0 Å². The minimum absolute atomic E-state index is 0.0143. The molecule has 0 fully saturated rings. The molecule has 1 aliphatic carbocycles. The van der Waals surface area contributed by atoms with Crippen molar-refractivity contribution in [3.8, 4) is 0 Å². The molecule has 148 valence electrons. The molecule has 0 spiro atoms. The van der Waals surface area contributed by atoms with E-state index in [0.717, 1.165) is 16.8 Å². The fourth-order valence-electron chi connectivity index (χ4n) is 4.48. The molecule has 2 aromatic rings. The predicted molar refractivity (Wildman–Crippen MR) is 108 cm³/mol. The van der Waals surface area contributed by atoms with Crippen LogP contribution in [0.4, 0.5) is 4.39 Å². The number of ketones is 1. The number of allylic oxidation sites excluding steroid dienone is 2. The molecule has 2 aromatic carbocycles. The SMILES string of the molecule is COC(=O)C1C(C)=NC2=C(C(=O)C[C@H](c3ccccc3)C2)[C@H]1c1ccc(F)cc1. The van der Waals surface area contributed by atoms with E-state index in [9.17, 15) is 14.0 Å². The number of esters is 1. The van der Waals surface area contributed by atoms with Crippen LogP contribution in [0.5, 0.6) is 0 Å². The first-order valence-corrected chi connectivity index (χ1v) is 9.69. The number of rotatable bonds is 3. The Morgan fingerprint density at radius 3 is 2.38 bits per heavy atom. The summed E-state index contributed by atoms with van der Waals surface area (Å²) in [6.07, 6.45) is 0.997. The highest BCUT2D eigenvalue weighted by atomic mass is 19.1. The molecule has 1 aliphatic heterocycles. The van der Waals surface area contributed by atoms with Gasteiger partial charge in [-0.25, -0.2) is 4.39 Å². The van der Waals surface area contributed by atoms with Gasteiger partial charge in [-0.05, 0) is 42.5 Å². The molecular formula is C24H22FNO3. The van der Waals surface area contributed by atoms with Crippen molar-refractivity contribution in [1.29, 1.82) is 0 Å². The van der Waals surface area contributed by atoms with Gasteiger partial charge in [0.25, 0.3) is 0 Å². The summed E-state index contributed by atoms with van der Waals surface area (Å²) in [5.41, 5.74) is 3.72. The molecule has 0 saturated heterocycles. The minimum atomic E-state index is -0.693. The molecule has 2 aliphatic rings. The second-order valence-corrected chi connectivity index (χ2v) is 7.58. The van der Waals surface area contributed by atoms with Gasteiger partial charge in [0.2, 0.25) is 0 Å². The molecule has 0 amide bonds. The predicted octanol–water partition coefficient (Wildman–Crippen LogP) is 4.57. The third kappa shape index (κ3) is 3.53. The molecule has 0 aromatic heterocycles. The molecular weight excluding hydrogens is 369 g/mol. The molecule has 4 rings (SSSR count). The Hall–Kier alpha value is -3.08. The van der Waals surface area contributed by atoms with Crippen LogP contribution in [0.2, 0.25) is 0 Å². The first-order valence-electron chi connectivity index (χ1n) is 9.69. The van der Waals surface area contributed by atoms with Gasteiger partial charge in [0, 0.05) is 29.3 Å². The van der Waals surface area contributed by atoms with Gasteiger partial charge in [-0.1, -0.05) is 42.5 Å². The number of carbonyl (C=O) groups is 2. The lowest BCUT2D eigenvalue weighted by Gasteiger charge is -2.36. The molecule has 29 heavy (non-hydrogen) atoms. The summed E-state index contributed by atoms with van der Waals surface area (Å²) in [4.78, 5) is 30.5. The van der Waals surface area contributed by atoms with E-state index in [1.165, 1.54) is 19.2 Å². The van der Waals surface area contributed by atoms with Crippen molar-refractivity contribution in [2.75, 3.05) is 7.11 Å². The van der Waals surface area contributed by atoms with Crippen molar-refractivity contribution < 1.29 is 18.7 Å². The van der Waals surface area contributed by atoms with E-state index >= 15 is 0 Å². The highest BCUT2D eigenvalue weighted by Gasteiger charge is 2.44. The molecule has 4 nitrogen and oxygen atoms in total. The second-order valence-electron chi connectivity index (χ2n) is 7.58. The van der Waals surface area contributed by atoms with Crippen molar-refractivity contribution >= 4 is 17.5 Å². The van der Waals surface area contributed by atoms with Crippen LogP contribution in [-0.2, 0) is 14.3 Å². The summed E-state index contributed by atoms with van der Waals surface area (Å²) in [7, 11) is 1.33. The van der Waals surface area contributed by atoms with E-state index in [1.54, 1.807) is 19.1 Å². The summed E-state index contributed by atoms with van der Waals surface area (Å²) in [5.74, 6) is -1.97. The van der Waals surface area contributed by atoms with Crippen LogP contribution in [0.1, 0.15) is 42.7 Å². The van der Waals surface area contributed by atoms with Crippen LogP contribution < -0.4 is 0 Å². The molecule has 0 N–H and O–H groups in total. The summed E-state index contributed by atoms with van der Waals surface area (Å²) in [6.45, 7) is 1.79. The normalized spacial score (nSPS) is 24.0.